The maximum atomic E-state index is 11.0. The van der Waals surface area contributed by atoms with Crippen LogP contribution in [0, 0.1) is 17.9 Å². The second-order valence-electron chi connectivity index (χ2n) is 3.96. The molecule has 0 aromatic rings. The minimum absolute atomic E-state index is 0.593. The number of aliphatic carboxylic acids is 1. The number of alkyl carbamates (subject to hydrolysis) is 1. The van der Waals surface area contributed by atoms with E-state index in [-0.39, 0.29) is 0 Å². The lowest BCUT2D eigenvalue weighted by Gasteiger charge is -2.18. The first-order valence-electron chi connectivity index (χ1n) is 4.44. The average molecular weight is 213 g/mol. The Kier molecular flexibility index (Phi) is 4.65. The molecule has 0 aliphatic carbocycles. The van der Waals surface area contributed by atoms with Crippen molar-refractivity contribution in [2.24, 2.45) is 5.92 Å². The van der Waals surface area contributed by atoms with Crippen molar-refractivity contribution in [1.29, 1.82) is 0 Å². The molecule has 1 amide bonds. The zero-order valence-electron chi connectivity index (χ0n) is 9.25. The minimum Gasteiger partial charge on any atom is -0.480 e. The van der Waals surface area contributed by atoms with Crippen molar-refractivity contribution in [3.05, 3.63) is 0 Å². The second-order valence-corrected chi connectivity index (χ2v) is 3.96. The lowest BCUT2D eigenvalue weighted by molar-refractivity contribution is -0.139. The molecule has 5 heteroatoms. The van der Waals surface area contributed by atoms with Gasteiger partial charge in [-0.1, -0.05) is 5.92 Å². The van der Waals surface area contributed by atoms with Crippen LogP contribution in [-0.2, 0) is 9.53 Å². The monoisotopic (exact) mass is 213 g/mol. The van der Waals surface area contributed by atoms with Gasteiger partial charge in [0.2, 0.25) is 0 Å². The van der Waals surface area contributed by atoms with E-state index in [2.05, 4.69) is 17.3 Å². The van der Waals surface area contributed by atoms with Crippen LogP contribution >= 0.6 is 0 Å². The topological polar surface area (TPSA) is 75.6 Å². The highest BCUT2D eigenvalue weighted by Gasteiger charge is 2.15. The van der Waals surface area contributed by atoms with Crippen molar-refractivity contribution in [2.75, 3.05) is 0 Å². The molecule has 0 saturated heterocycles. The first kappa shape index (κ1) is 13.3. The summed E-state index contributed by atoms with van der Waals surface area (Å²) in [7, 11) is 0. The maximum Gasteiger partial charge on any atom is 0.419 e. The second kappa shape index (κ2) is 5.25. The Bertz CT molecular complexity index is 306. The molecule has 0 aromatic carbocycles. The first-order chi connectivity index (χ1) is 6.72. The summed E-state index contributed by atoms with van der Waals surface area (Å²) in [5, 5.41) is 10.6. The molecule has 0 spiro atoms. The highest BCUT2D eigenvalue weighted by molar-refractivity contribution is 5.74. The van der Waals surface area contributed by atoms with Gasteiger partial charge in [-0.3, -0.25) is 4.79 Å². The fourth-order valence-electron chi connectivity index (χ4n) is 0.561. The van der Waals surface area contributed by atoms with E-state index in [4.69, 9.17) is 9.84 Å². The van der Waals surface area contributed by atoms with Crippen molar-refractivity contribution in [3.8, 4) is 12.0 Å². The predicted octanol–water partition coefficient (Wildman–Crippen LogP) is 1.19. The van der Waals surface area contributed by atoms with Gasteiger partial charge in [-0.25, -0.2) is 10.1 Å². The molecule has 1 unspecified atom stereocenters. The van der Waals surface area contributed by atoms with Gasteiger partial charge in [0.15, 0.2) is 0 Å². The van der Waals surface area contributed by atoms with Crippen LogP contribution in [-0.4, -0.2) is 22.8 Å². The number of carbonyl (C=O) groups excluding carboxylic acids is 1. The molecular weight excluding hydrogens is 198 g/mol. The summed E-state index contributed by atoms with van der Waals surface area (Å²) in [5.74, 6) is 0.484. The number of nitrogens with one attached hydrogen (secondary N) is 1. The lowest BCUT2D eigenvalue weighted by atomic mass is 10.2. The fourth-order valence-corrected chi connectivity index (χ4v) is 0.561. The van der Waals surface area contributed by atoms with Crippen LogP contribution in [0.4, 0.5) is 4.79 Å². The zero-order chi connectivity index (χ0) is 12.1. The summed E-state index contributed by atoms with van der Waals surface area (Å²) in [5.41, 5.74) is -0.593. The van der Waals surface area contributed by atoms with Crippen LogP contribution in [0.3, 0.4) is 0 Å². The Balaban J connectivity index is 4.06. The van der Waals surface area contributed by atoms with Gasteiger partial charge in [0.05, 0.1) is 0 Å². The molecule has 0 fully saturated rings. The molecule has 84 valence electrons. The normalized spacial score (nSPS) is 12.0. The number of carboxylic acids is 1. The third kappa shape index (κ3) is 7.38. The van der Waals surface area contributed by atoms with Crippen LogP contribution in [0.25, 0.3) is 0 Å². The van der Waals surface area contributed by atoms with Gasteiger partial charge in [0, 0.05) is 6.04 Å². The Hall–Kier alpha value is -1.70. The Morgan fingerprint density at radius 1 is 1.40 bits per heavy atom. The van der Waals surface area contributed by atoms with E-state index in [0.29, 0.717) is 0 Å². The van der Waals surface area contributed by atoms with Crippen molar-refractivity contribution in [3.63, 3.8) is 0 Å². The molecule has 0 aromatic heterocycles. The highest BCUT2D eigenvalue weighted by Crippen LogP contribution is 2.05. The number of hydrogen-bond donors (Lipinski definition) is 2. The van der Waals surface area contributed by atoms with Crippen molar-refractivity contribution >= 4 is 12.1 Å². The Morgan fingerprint density at radius 2 is 1.93 bits per heavy atom. The number of hydrogen-bond acceptors (Lipinski definition) is 3. The highest BCUT2D eigenvalue weighted by atomic mass is 16.6. The number of amides is 1. The van der Waals surface area contributed by atoms with E-state index < -0.39 is 23.6 Å². The molecule has 0 bridgehead atoms. The standard InChI is InChI=1S/C10H15NO4/c1-7(8(12)13)5-6-11-9(14)15-10(2,3)4/h7H,1-4H3,(H,11,14)(H,12,13). The minimum atomic E-state index is -1.03. The third-order valence-electron chi connectivity index (χ3n) is 1.22. The molecule has 15 heavy (non-hydrogen) atoms. The zero-order valence-corrected chi connectivity index (χ0v) is 9.25. The van der Waals surface area contributed by atoms with E-state index in [1.165, 1.54) is 6.92 Å². The van der Waals surface area contributed by atoms with E-state index in [0.717, 1.165) is 0 Å². The smallest absolute Gasteiger partial charge is 0.419 e. The van der Waals surface area contributed by atoms with Crippen molar-refractivity contribution in [1.82, 2.24) is 5.32 Å². The molecular formula is C10H15NO4. The summed E-state index contributed by atoms with van der Waals surface area (Å²) >= 11 is 0. The Morgan fingerprint density at radius 3 is 2.33 bits per heavy atom. The quantitative estimate of drug-likeness (QED) is 0.506. The van der Waals surface area contributed by atoms with Crippen LogP contribution in [0.5, 0.6) is 0 Å². The van der Waals surface area contributed by atoms with E-state index >= 15 is 0 Å². The van der Waals surface area contributed by atoms with Gasteiger partial charge in [0.1, 0.15) is 11.5 Å². The molecule has 0 radical (unpaired) electrons. The van der Waals surface area contributed by atoms with Crippen molar-refractivity contribution < 1.29 is 19.4 Å². The number of carbonyl (C=O) groups is 2. The molecule has 2 N–H and O–H groups in total. The Labute approximate surface area is 88.8 Å². The summed E-state index contributed by atoms with van der Waals surface area (Å²) in [4.78, 5) is 21.4. The van der Waals surface area contributed by atoms with Crippen molar-refractivity contribution in [2.45, 2.75) is 33.3 Å². The van der Waals surface area contributed by atoms with Crippen LogP contribution in [0.15, 0.2) is 0 Å². The number of carboxylic acid groups (broad SMARTS) is 1. The van der Waals surface area contributed by atoms with Gasteiger partial charge < -0.3 is 9.84 Å². The fraction of sp³-hybridized carbons (Fsp3) is 0.600. The van der Waals surface area contributed by atoms with Crippen LogP contribution < -0.4 is 5.32 Å². The van der Waals surface area contributed by atoms with Gasteiger partial charge in [-0.15, -0.1) is 0 Å². The third-order valence-corrected chi connectivity index (χ3v) is 1.22. The summed E-state index contributed by atoms with van der Waals surface area (Å²) in [6.45, 7) is 6.59. The largest absolute Gasteiger partial charge is 0.480 e. The first-order valence-corrected chi connectivity index (χ1v) is 4.44. The van der Waals surface area contributed by atoms with Gasteiger partial charge in [0.25, 0.3) is 0 Å². The molecule has 0 aliphatic heterocycles. The summed E-state index contributed by atoms with van der Waals surface area (Å²) < 4.78 is 4.88. The van der Waals surface area contributed by atoms with Crippen LogP contribution in [0.1, 0.15) is 27.7 Å². The number of rotatable bonds is 1. The summed E-state index contributed by atoms with van der Waals surface area (Å²) in [6.07, 6.45) is -0.687. The molecule has 0 aliphatic rings. The van der Waals surface area contributed by atoms with E-state index in [9.17, 15) is 9.59 Å². The summed E-state index contributed by atoms with van der Waals surface area (Å²) in [6, 6.07) is 2.23. The van der Waals surface area contributed by atoms with Gasteiger partial charge in [-0.2, -0.15) is 0 Å². The molecule has 0 rings (SSSR count). The van der Waals surface area contributed by atoms with Crippen LogP contribution in [0.2, 0.25) is 0 Å². The predicted molar refractivity (Wildman–Crippen MR) is 53.9 cm³/mol. The molecule has 1 atom stereocenters. The average Bonchev–Trinajstić information content (AvgIpc) is 2.00. The maximum absolute atomic E-state index is 11.0. The van der Waals surface area contributed by atoms with E-state index in [1.807, 2.05) is 0 Å². The van der Waals surface area contributed by atoms with Gasteiger partial charge in [-0.05, 0) is 27.7 Å². The lowest BCUT2D eigenvalue weighted by Crippen LogP contribution is -2.30. The molecule has 0 saturated carbocycles. The number of ether oxygens (including phenoxy) is 1. The molecule has 0 heterocycles. The van der Waals surface area contributed by atoms with E-state index in [1.54, 1.807) is 20.8 Å². The molecule has 5 nitrogen and oxygen atoms in total. The SMILES string of the molecule is CC(C#CNC(=O)OC(C)(C)C)C(=O)O. The van der Waals surface area contributed by atoms with Gasteiger partial charge >= 0.3 is 12.1 Å².